The van der Waals surface area contributed by atoms with Gasteiger partial charge in [-0.2, -0.15) is 0 Å². The molecule has 0 aliphatic carbocycles. The zero-order valence-electron chi connectivity index (χ0n) is 53.7. The number of aromatic nitrogens is 2. The van der Waals surface area contributed by atoms with Crippen molar-refractivity contribution in [1.29, 1.82) is 0 Å². The third-order valence-electron chi connectivity index (χ3n) is 15.4. The second kappa shape index (κ2) is 33.6. The second-order valence-electron chi connectivity index (χ2n) is 25.9. The molecule has 0 saturated heterocycles. The molecule has 0 unspecified atom stereocenters. The minimum Gasteiger partial charge on any atom is -0.457 e. The van der Waals surface area contributed by atoms with E-state index >= 15 is 0 Å². The zero-order valence-corrected chi connectivity index (χ0v) is 55.7. The number of aliphatic hydroxyl groups excluding tert-OH is 1. The number of oxazole rings is 2. The maximum atomic E-state index is 14.1. The van der Waals surface area contributed by atoms with E-state index in [4.69, 9.17) is 22.7 Å². The largest absolute Gasteiger partial charge is 0.457 e. The van der Waals surface area contributed by atoms with Gasteiger partial charge in [-0.25, -0.2) is 19.6 Å². The first-order chi connectivity index (χ1) is 40.6. The molecular weight excluding hydrogens is 1170 g/mol. The van der Waals surface area contributed by atoms with Crippen LogP contribution in [0, 0.1) is 23.7 Å². The van der Waals surface area contributed by atoms with Gasteiger partial charge in [-0.3, -0.25) is 28.8 Å². The summed E-state index contributed by atoms with van der Waals surface area (Å²) < 4.78 is 30.0. The molecule has 490 valence electrons. The predicted molar refractivity (Wildman–Crippen MR) is 350 cm³/mol. The van der Waals surface area contributed by atoms with Gasteiger partial charge in [-0.15, -0.1) is 0 Å². The molecule has 4 amide bonds. The average molecular weight is 1270 g/mol. The van der Waals surface area contributed by atoms with Crippen molar-refractivity contribution < 1.29 is 66.2 Å². The van der Waals surface area contributed by atoms with Gasteiger partial charge < -0.3 is 48.3 Å². The molecule has 6 rings (SSSR count). The van der Waals surface area contributed by atoms with Gasteiger partial charge in [0.15, 0.2) is 19.7 Å². The van der Waals surface area contributed by atoms with E-state index in [1.165, 1.54) is 22.0 Å². The molecule has 0 radical (unpaired) electrons. The first-order valence-electron chi connectivity index (χ1n) is 30.1. The average Bonchev–Trinajstić information content (AvgIpc) is 1.72. The van der Waals surface area contributed by atoms with Crippen LogP contribution in [0.4, 0.5) is 0 Å². The van der Waals surface area contributed by atoms with Crippen molar-refractivity contribution in [2.75, 3.05) is 26.2 Å². The SMILES string of the molecule is C.C.CC1=C[C@@H](O)CC(=O)Cc2nc(co2)C(=O)N2CCC=C2C(=O)O[C@H](C(C)C)[C@H](C)/C=C/C(=O)NCC=C1.CC1=C[C@@H](O[Si](C)(C)C(C)(C)C)CC(=O)Cc2nc(c([Si](C)(C)C)o2)C(=O)N2CCC=C2C(=O)O[C@H](C(C)C)[C@H](C)/C=C/C(=O)NCC=C1. The van der Waals surface area contributed by atoms with Crippen LogP contribution in [0.1, 0.15) is 149 Å². The lowest BCUT2D eigenvalue weighted by molar-refractivity contribution is -0.150. The third-order valence-corrected chi connectivity index (χ3v) is 21.6. The Morgan fingerprint density at radius 2 is 1.13 bits per heavy atom. The fraction of sp³-hybridized carbons (Fsp3) is 0.552. The van der Waals surface area contributed by atoms with E-state index in [1.54, 1.807) is 49.5 Å². The molecule has 0 fully saturated rings. The van der Waals surface area contributed by atoms with E-state index in [-0.39, 0.29) is 140 Å². The van der Waals surface area contributed by atoms with Crippen LogP contribution in [-0.2, 0) is 55.5 Å². The lowest BCUT2D eigenvalue weighted by atomic mass is 9.94. The number of allylic oxidation sites excluding steroid dienone is 4. The zero-order chi connectivity index (χ0) is 64.7. The number of esters is 2. The minimum absolute atomic E-state index is 0. The Hall–Kier alpha value is -7.15. The van der Waals surface area contributed by atoms with Crippen LogP contribution in [0.3, 0.4) is 0 Å². The highest BCUT2D eigenvalue weighted by Crippen LogP contribution is 2.38. The summed E-state index contributed by atoms with van der Waals surface area (Å²) in [6.45, 7) is 33.2. The first-order valence-corrected chi connectivity index (χ1v) is 36.5. The Labute approximate surface area is 529 Å². The van der Waals surface area contributed by atoms with Gasteiger partial charge in [0.25, 0.3) is 11.8 Å². The second-order valence-corrected chi connectivity index (χ2v) is 35.6. The van der Waals surface area contributed by atoms with Crippen LogP contribution >= 0.6 is 0 Å². The van der Waals surface area contributed by atoms with Crippen LogP contribution < -0.4 is 16.0 Å². The van der Waals surface area contributed by atoms with Crippen LogP contribution in [0.2, 0.25) is 37.8 Å². The van der Waals surface area contributed by atoms with Gasteiger partial charge in [0.05, 0.1) is 25.0 Å². The molecule has 0 saturated carbocycles. The Kier molecular flexibility index (Phi) is 28.7. The van der Waals surface area contributed by atoms with E-state index in [2.05, 4.69) is 54.5 Å². The number of hydrogen-bond acceptors (Lipinski definition) is 16. The van der Waals surface area contributed by atoms with Crippen molar-refractivity contribution in [3.63, 3.8) is 0 Å². The van der Waals surface area contributed by atoms with E-state index < -0.39 is 64.6 Å². The standard InChI is InChI=1S/C37H57N3O7Si2.C28H35N3O7.2CH4/c1-24(2)33-26(4)17-18-30(42)38-19-13-15-25(3)21-28(47-49(11,12)37(5,6)7)22-27(41)23-31-39-32(36(45-31)48(8,9)10)34(43)40-20-14-16-29(40)35(44)46-33;1-17(2)26-19(4)9-10-24(34)29-11-5-7-18(3)13-20(32)14-21(33)15-25-30-22(16-37-25)27(35)31-12-6-8-23(31)28(36)38-26;;/h13,15-18,21,24,26,28,33H,14,19-20,22-23H2,1-12H3,(H,38,42);5,7-10,13,16-17,19-20,26,32H,6,11-12,14-15H2,1-4H3,(H,29,34);2*1H4/b15-13?,18-17+,25-21?;7-5?,10-9+,18-13?;;/t26-,28-,33-;19-,20-,26-;;/m11../s1. The summed E-state index contributed by atoms with van der Waals surface area (Å²) in [5.74, 6) is -3.67. The molecule has 4 aliphatic rings. The summed E-state index contributed by atoms with van der Waals surface area (Å²) in [5, 5.41) is 16.3. The smallest absolute Gasteiger partial charge is 0.355 e. The fourth-order valence-corrected chi connectivity index (χ4v) is 12.4. The number of nitrogens with one attached hydrogen (secondary N) is 2. The topological polar surface area (TPSA) is 267 Å². The number of ether oxygens (including phenoxy) is 2. The Bertz CT molecular complexity index is 3110. The van der Waals surface area contributed by atoms with Crippen molar-refractivity contribution in [3.05, 3.63) is 125 Å². The minimum atomic E-state index is -2.26. The molecule has 89 heavy (non-hydrogen) atoms. The molecule has 0 spiro atoms. The quantitative estimate of drug-likeness (QED) is 0.186. The molecule has 6 atom stereocenters. The lowest BCUT2D eigenvalue weighted by Gasteiger charge is -2.38. The summed E-state index contributed by atoms with van der Waals surface area (Å²) in [6, 6.07) is 0. The highest BCUT2D eigenvalue weighted by atomic mass is 28.4. The Balaban J connectivity index is 0.000000468. The highest BCUT2D eigenvalue weighted by molar-refractivity contribution is 6.88. The molecule has 2 aromatic heterocycles. The summed E-state index contributed by atoms with van der Waals surface area (Å²) in [4.78, 5) is 116. The number of nitrogens with zero attached hydrogens (tertiary/aromatic N) is 4. The van der Waals surface area contributed by atoms with Crippen LogP contribution in [-0.4, -0.2) is 139 Å². The van der Waals surface area contributed by atoms with Gasteiger partial charge in [-0.1, -0.05) is 169 Å². The van der Waals surface area contributed by atoms with Crippen LogP contribution in [0.15, 0.2) is 111 Å². The van der Waals surface area contributed by atoms with Crippen molar-refractivity contribution in [3.8, 4) is 0 Å². The summed E-state index contributed by atoms with van der Waals surface area (Å²) in [7, 11) is -4.52. The number of ketones is 2. The predicted octanol–water partition coefficient (Wildman–Crippen LogP) is 10.2. The molecule has 4 aliphatic heterocycles. The Morgan fingerprint density at radius 1 is 0.663 bits per heavy atom. The van der Waals surface area contributed by atoms with E-state index in [0.29, 0.717) is 31.3 Å². The number of Topliss-reactive ketones (excluding diaryl/α,β-unsaturated/α-hetero) is 2. The number of carbonyl (C=O) groups excluding carboxylic acids is 8. The van der Waals surface area contributed by atoms with Gasteiger partial charge in [0.1, 0.15) is 54.9 Å². The summed E-state index contributed by atoms with van der Waals surface area (Å²) in [6.07, 6.45) is 19.6. The van der Waals surface area contributed by atoms with Crippen LogP contribution in [0.5, 0.6) is 0 Å². The van der Waals surface area contributed by atoms with Crippen molar-refractivity contribution in [2.45, 2.75) is 192 Å². The van der Waals surface area contributed by atoms with Gasteiger partial charge in [0.2, 0.25) is 23.6 Å². The molecular formula is C67H100N6O14Si2. The lowest BCUT2D eigenvalue weighted by Crippen LogP contribution is -2.44. The monoisotopic (exact) mass is 1270 g/mol. The number of hydrogen-bond donors (Lipinski definition) is 3. The number of carbonyl (C=O) groups is 8. The molecule has 4 bridgehead atoms. The first kappa shape index (κ1) is 76.1. The van der Waals surface area contributed by atoms with Crippen LogP contribution in [0.25, 0.3) is 0 Å². The summed E-state index contributed by atoms with van der Waals surface area (Å²) in [5.41, 5.74) is 2.00. The molecule has 20 nitrogen and oxygen atoms in total. The number of aliphatic hydroxyl groups is 1. The van der Waals surface area contributed by atoms with Gasteiger partial charge in [-0.05, 0) is 68.8 Å². The number of fused-ring (bicyclic) bond motifs is 6. The molecule has 2 aromatic rings. The van der Waals surface area contributed by atoms with Crippen molar-refractivity contribution in [2.24, 2.45) is 23.7 Å². The molecule has 0 aromatic carbocycles. The Morgan fingerprint density at radius 3 is 1.62 bits per heavy atom. The van der Waals surface area contributed by atoms with Gasteiger partial charge >= 0.3 is 11.9 Å². The number of amides is 4. The molecule has 3 N–H and O–H groups in total. The van der Waals surface area contributed by atoms with E-state index in [0.717, 1.165) is 17.4 Å². The number of rotatable bonds is 5. The highest BCUT2D eigenvalue weighted by Gasteiger charge is 2.41. The normalized spacial score (nSPS) is 23.8. The van der Waals surface area contributed by atoms with Gasteiger partial charge in [0, 0.05) is 50.9 Å². The maximum Gasteiger partial charge on any atom is 0.355 e. The molecule has 22 heteroatoms. The maximum absolute atomic E-state index is 14.1. The third kappa shape index (κ3) is 22.4. The fourth-order valence-electron chi connectivity index (χ4n) is 9.87. The van der Waals surface area contributed by atoms with Crippen molar-refractivity contribution >= 4 is 68.9 Å². The molecule has 6 heterocycles. The van der Waals surface area contributed by atoms with E-state index in [1.807, 2.05) is 86.3 Å². The van der Waals surface area contributed by atoms with Crippen molar-refractivity contribution in [1.82, 2.24) is 30.4 Å². The number of cyclic esters (lactones) is 2. The van der Waals surface area contributed by atoms with E-state index in [9.17, 15) is 43.5 Å². The summed E-state index contributed by atoms with van der Waals surface area (Å²) >= 11 is 0.